The maximum atomic E-state index is 11.5. The van der Waals surface area contributed by atoms with Gasteiger partial charge in [-0.05, 0) is 13.8 Å². The highest BCUT2D eigenvalue weighted by molar-refractivity contribution is 7.98. The average Bonchev–Trinajstić information content (AvgIpc) is 2.92. The molecule has 2 rings (SSSR count). The zero-order valence-corrected chi connectivity index (χ0v) is 11.6. The number of H-pyrrole nitrogens is 1. The number of anilines is 1. The monoisotopic (exact) mass is 286 g/mol. The number of aromatic nitrogens is 4. The SMILES string of the molecule is CC(C)n1c(SCc2cnc(NN)s2)n[nH]c1=O. The molecule has 0 unspecified atom stereocenters. The molecule has 2 aromatic rings. The molecule has 0 fully saturated rings. The predicted octanol–water partition coefficient (Wildman–Crippen LogP) is 1.19. The zero-order chi connectivity index (χ0) is 13.1. The Hall–Kier alpha value is -1.32. The summed E-state index contributed by atoms with van der Waals surface area (Å²) in [6, 6.07) is 0.0847. The van der Waals surface area contributed by atoms with Crippen LogP contribution < -0.4 is 17.0 Å². The fourth-order valence-electron chi connectivity index (χ4n) is 1.42. The summed E-state index contributed by atoms with van der Waals surface area (Å²) in [7, 11) is 0. The smallest absolute Gasteiger partial charge is 0.300 e. The maximum absolute atomic E-state index is 11.5. The Balaban J connectivity index is 2.08. The molecular formula is C9H14N6OS2. The number of nitrogen functional groups attached to an aromatic ring is 1. The maximum Gasteiger partial charge on any atom is 0.344 e. The van der Waals surface area contributed by atoms with Gasteiger partial charge in [0.2, 0.25) is 0 Å². The Kier molecular flexibility index (Phi) is 4.04. The summed E-state index contributed by atoms with van der Waals surface area (Å²) in [5.74, 6) is 5.97. The molecule has 0 spiro atoms. The molecule has 18 heavy (non-hydrogen) atoms. The molecule has 0 aromatic carbocycles. The van der Waals surface area contributed by atoms with Crippen LogP contribution in [0.3, 0.4) is 0 Å². The zero-order valence-electron chi connectivity index (χ0n) is 10.0. The van der Waals surface area contributed by atoms with E-state index in [1.807, 2.05) is 13.8 Å². The second-order valence-electron chi connectivity index (χ2n) is 3.84. The number of aromatic amines is 1. The van der Waals surface area contributed by atoms with Crippen LogP contribution in [0.25, 0.3) is 0 Å². The van der Waals surface area contributed by atoms with Gasteiger partial charge in [-0.3, -0.25) is 9.99 Å². The van der Waals surface area contributed by atoms with Crippen molar-refractivity contribution in [1.82, 2.24) is 19.7 Å². The van der Waals surface area contributed by atoms with Gasteiger partial charge in [-0.2, -0.15) is 0 Å². The summed E-state index contributed by atoms with van der Waals surface area (Å²) in [4.78, 5) is 16.7. The summed E-state index contributed by atoms with van der Waals surface area (Å²) in [6.07, 6.45) is 1.76. The average molecular weight is 286 g/mol. The Morgan fingerprint density at radius 2 is 2.44 bits per heavy atom. The highest BCUT2D eigenvalue weighted by atomic mass is 32.2. The van der Waals surface area contributed by atoms with Crippen molar-refractivity contribution in [3.05, 3.63) is 21.6 Å². The van der Waals surface area contributed by atoms with Crippen LogP contribution in [0.4, 0.5) is 5.13 Å². The minimum Gasteiger partial charge on any atom is -0.300 e. The van der Waals surface area contributed by atoms with Crippen LogP contribution in [0, 0.1) is 0 Å². The van der Waals surface area contributed by atoms with Gasteiger partial charge in [0.15, 0.2) is 10.3 Å². The molecule has 0 aliphatic rings. The Morgan fingerprint density at radius 1 is 1.67 bits per heavy atom. The number of hydrogen-bond acceptors (Lipinski definition) is 7. The van der Waals surface area contributed by atoms with Crippen molar-refractivity contribution < 1.29 is 0 Å². The van der Waals surface area contributed by atoms with Crippen molar-refractivity contribution in [3.63, 3.8) is 0 Å². The predicted molar refractivity (Wildman–Crippen MR) is 72.7 cm³/mol. The number of hydrazine groups is 1. The molecule has 0 amide bonds. The number of rotatable bonds is 5. The molecule has 0 bridgehead atoms. The van der Waals surface area contributed by atoms with Crippen molar-refractivity contribution >= 4 is 28.2 Å². The van der Waals surface area contributed by atoms with E-state index in [1.54, 1.807) is 10.8 Å². The number of nitrogens with zero attached hydrogens (tertiary/aromatic N) is 3. The van der Waals surface area contributed by atoms with Crippen LogP contribution in [-0.2, 0) is 5.75 Å². The third kappa shape index (κ3) is 2.74. The van der Waals surface area contributed by atoms with E-state index in [9.17, 15) is 4.79 Å². The van der Waals surface area contributed by atoms with Crippen LogP contribution in [0.5, 0.6) is 0 Å². The van der Waals surface area contributed by atoms with E-state index in [1.165, 1.54) is 23.1 Å². The Morgan fingerprint density at radius 3 is 3.06 bits per heavy atom. The topological polar surface area (TPSA) is 102 Å². The van der Waals surface area contributed by atoms with Gasteiger partial charge in [0.05, 0.1) is 0 Å². The van der Waals surface area contributed by atoms with E-state index in [2.05, 4.69) is 20.6 Å². The van der Waals surface area contributed by atoms with Crippen molar-refractivity contribution in [1.29, 1.82) is 0 Å². The van der Waals surface area contributed by atoms with Gasteiger partial charge in [0, 0.05) is 22.9 Å². The number of hydrogen-bond donors (Lipinski definition) is 3. The van der Waals surface area contributed by atoms with Crippen molar-refractivity contribution in [2.24, 2.45) is 5.84 Å². The first-order valence-corrected chi connectivity index (χ1v) is 7.13. The lowest BCUT2D eigenvalue weighted by Gasteiger charge is -2.07. The molecule has 0 aliphatic heterocycles. The molecule has 0 saturated heterocycles. The van der Waals surface area contributed by atoms with E-state index < -0.39 is 0 Å². The molecule has 7 nitrogen and oxygen atoms in total. The molecule has 9 heteroatoms. The number of nitrogens with one attached hydrogen (secondary N) is 2. The quantitative estimate of drug-likeness (QED) is 0.433. The van der Waals surface area contributed by atoms with E-state index in [-0.39, 0.29) is 11.7 Å². The normalized spacial score (nSPS) is 11.1. The van der Waals surface area contributed by atoms with Gasteiger partial charge in [-0.1, -0.05) is 11.8 Å². The van der Waals surface area contributed by atoms with Crippen molar-refractivity contribution in [3.8, 4) is 0 Å². The van der Waals surface area contributed by atoms with Gasteiger partial charge in [0.1, 0.15) is 0 Å². The first-order chi connectivity index (χ1) is 8.61. The standard InChI is InChI=1S/C9H14N6OS2/c1-5(2)15-8(16)13-14-9(15)17-4-6-3-11-7(12-10)18-6/h3,5H,4,10H2,1-2H3,(H,11,12)(H,13,16). The minimum absolute atomic E-state index is 0.0847. The van der Waals surface area contributed by atoms with Crippen LogP contribution in [0.1, 0.15) is 24.8 Å². The van der Waals surface area contributed by atoms with Crippen LogP contribution in [0.15, 0.2) is 16.1 Å². The lowest BCUT2D eigenvalue weighted by molar-refractivity contribution is 0.534. The van der Waals surface area contributed by atoms with Crippen LogP contribution in [-0.4, -0.2) is 19.7 Å². The molecule has 0 radical (unpaired) electrons. The number of thioether (sulfide) groups is 1. The van der Waals surface area contributed by atoms with Gasteiger partial charge in [0.25, 0.3) is 0 Å². The highest BCUT2D eigenvalue weighted by Gasteiger charge is 2.12. The molecular weight excluding hydrogens is 272 g/mol. The Labute approximate surface area is 112 Å². The lowest BCUT2D eigenvalue weighted by atomic mass is 10.4. The van der Waals surface area contributed by atoms with Gasteiger partial charge >= 0.3 is 5.69 Å². The van der Waals surface area contributed by atoms with Gasteiger partial charge < -0.3 is 0 Å². The summed E-state index contributed by atoms with van der Waals surface area (Å²) in [5.41, 5.74) is 2.32. The molecule has 0 saturated carbocycles. The number of nitrogens with two attached hydrogens (primary N) is 1. The second kappa shape index (κ2) is 5.55. The summed E-state index contributed by atoms with van der Waals surface area (Å²) >= 11 is 2.98. The van der Waals surface area contributed by atoms with Crippen LogP contribution in [0.2, 0.25) is 0 Å². The molecule has 2 aromatic heterocycles. The molecule has 4 N–H and O–H groups in total. The van der Waals surface area contributed by atoms with Crippen molar-refractivity contribution in [2.75, 3.05) is 5.43 Å². The van der Waals surface area contributed by atoms with Crippen molar-refractivity contribution in [2.45, 2.75) is 30.8 Å². The third-order valence-corrected chi connectivity index (χ3v) is 4.32. The summed E-state index contributed by atoms with van der Waals surface area (Å²) in [5, 5.41) is 7.84. The molecule has 2 heterocycles. The summed E-state index contributed by atoms with van der Waals surface area (Å²) in [6.45, 7) is 3.90. The second-order valence-corrected chi connectivity index (χ2v) is 5.90. The fraction of sp³-hybridized carbons (Fsp3) is 0.444. The molecule has 98 valence electrons. The first-order valence-electron chi connectivity index (χ1n) is 5.33. The molecule has 0 atom stereocenters. The fourth-order valence-corrected chi connectivity index (χ4v) is 3.24. The highest BCUT2D eigenvalue weighted by Crippen LogP contribution is 2.26. The third-order valence-electron chi connectivity index (χ3n) is 2.21. The summed E-state index contributed by atoms with van der Waals surface area (Å²) < 4.78 is 1.63. The van der Waals surface area contributed by atoms with E-state index >= 15 is 0 Å². The number of thiazole rings is 1. The molecule has 0 aliphatic carbocycles. The Bertz CT molecular complexity index is 572. The van der Waals surface area contributed by atoms with E-state index in [0.717, 1.165) is 4.88 Å². The first kappa shape index (κ1) is 13.1. The lowest BCUT2D eigenvalue weighted by Crippen LogP contribution is -2.19. The largest absolute Gasteiger partial charge is 0.344 e. The van der Waals surface area contributed by atoms with Gasteiger partial charge in [-0.15, -0.1) is 16.4 Å². The van der Waals surface area contributed by atoms with E-state index in [4.69, 9.17) is 5.84 Å². The van der Waals surface area contributed by atoms with E-state index in [0.29, 0.717) is 16.0 Å². The van der Waals surface area contributed by atoms with Crippen LogP contribution >= 0.6 is 23.1 Å². The minimum atomic E-state index is -0.180. The van der Waals surface area contributed by atoms with Gasteiger partial charge in [-0.25, -0.2) is 20.7 Å².